The topological polar surface area (TPSA) is 17.1 Å². The third-order valence-electron chi connectivity index (χ3n) is 2.32. The van der Waals surface area contributed by atoms with E-state index >= 15 is 0 Å². The molecule has 62 valence electrons. The van der Waals surface area contributed by atoms with Crippen LogP contribution in [0, 0.1) is 0 Å². The third kappa shape index (κ3) is 1.11. The Kier molecular flexibility index (Phi) is 2.01. The summed E-state index contributed by atoms with van der Waals surface area (Å²) in [4.78, 5) is 11.4. The van der Waals surface area contributed by atoms with E-state index in [1.807, 2.05) is 24.3 Å². The minimum atomic E-state index is 0.287. The van der Waals surface area contributed by atoms with Gasteiger partial charge < -0.3 is 0 Å². The lowest BCUT2D eigenvalue weighted by Crippen LogP contribution is -1.93. The van der Waals surface area contributed by atoms with E-state index in [0.717, 1.165) is 10.9 Å². The lowest BCUT2D eigenvalue weighted by Gasteiger charge is -2.03. The molecule has 0 aliphatic heterocycles. The minimum Gasteiger partial charge on any atom is -0.294 e. The Hall–Kier alpha value is -0.630. The predicted octanol–water partition coefficient (Wildman–Crippen LogP) is 2.75. The van der Waals surface area contributed by atoms with Crippen LogP contribution in [0.5, 0.6) is 0 Å². The zero-order chi connectivity index (χ0) is 8.55. The van der Waals surface area contributed by atoms with E-state index in [9.17, 15) is 4.79 Å². The van der Waals surface area contributed by atoms with Crippen molar-refractivity contribution < 1.29 is 4.79 Å². The first-order valence-corrected chi connectivity index (χ1v) is 5.13. The second-order valence-electron chi connectivity index (χ2n) is 3.07. The molecule has 0 heterocycles. The Bertz CT molecular complexity index is 319. The van der Waals surface area contributed by atoms with Crippen molar-refractivity contribution in [2.24, 2.45) is 0 Å². The summed E-state index contributed by atoms with van der Waals surface area (Å²) in [5, 5.41) is 0.885. The maximum absolute atomic E-state index is 11.4. The number of fused-ring (bicyclic) bond motifs is 1. The molecule has 1 aromatic carbocycles. The molecule has 2 rings (SSSR count). The highest BCUT2D eigenvalue weighted by molar-refractivity contribution is 9.09. The molecule has 0 spiro atoms. The van der Waals surface area contributed by atoms with Crippen LogP contribution in [-0.4, -0.2) is 11.1 Å². The summed E-state index contributed by atoms with van der Waals surface area (Å²) >= 11 is 3.42. The summed E-state index contributed by atoms with van der Waals surface area (Å²) in [5.41, 5.74) is 2.13. The summed E-state index contributed by atoms with van der Waals surface area (Å²) < 4.78 is 0. The van der Waals surface area contributed by atoms with E-state index in [1.54, 1.807) is 0 Å². The number of hydrogen-bond acceptors (Lipinski definition) is 1. The smallest absolute Gasteiger partial charge is 0.163 e. The van der Waals surface area contributed by atoms with Gasteiger partial charge in [-0.3, -0.25) is 4.79 Å². The van der Waals surface area contributed by atoms with Crippen molar-refractivity contribution in [3.63, 3.8) is 0 Å². The summed E-state index contributed by atoms with van der Waals surface area (Å²) in [6.07, 6.45) is 0.671. The van der Waals surface area contributed by atoms with Gasteiger partial charge in [0.05, 0.1) is 0 Å². The van der Waals surface area contributed by atoms with E-state index in [1.165, 1.54) is 5.56 Å². The maximum atomic E-state index is 11.4. The van der Waals surface area contributed by atoms with Gasteiger partial charge in [0.1, 0.15) is 0 Å². The lowest BCUT2D eigenvalue weighted by molar-refractivity contribution is 0.0990. The first kappa shape index (κ1) is 7.99. The highest BCUT2D eigenvalue weighted by atomic mass is 79.9. The van der Waals surface area contributed by atoms with Crippen molar-refractivity contribution in [1.82, 2.24) is 0 Å². The van der Waals surface area contributed by atoms with Crippen LogP contribution in [0.25, 0.3) is 0 Å². The van der Waals surface area contributed by atoms with E-state index < -0.39 is 0 Å². The molecule has 1 nitrogen and oxygen atoms in total. The fourth-order valence-electron chi connectivity index (χ4n) is 1.69. The van der Waals surface area contributed by atoms with E-state index in [4.69, 9.17) is 0 Å². The Morgan fingerprint density at radius 3 is 2.92 bits per heavy atom. The Morgan fingerprint density at radius 1 is 1.42 bits per heavy atom. The number of hydrogen-bond donors (Lipinski definition) is 0. The summed E-state index contributed by atoms with van der Waals surface area (Å²) in [5.74, 6) is 0.684. The van der Waals surface area contributed by atoms with Crippen molar-refractivity contribution in [2.75, 3.05) is 5.33 Å². The molecule has 0 saturated carbocycles. The van der Waals surface area contributed by atoms with Gasteiger partial charge in [-0.1, -0.05) is 40.2 Å². The van der Waals surface area contributed by atoms with Gasteiger partial charge in [0.15, 0.2) is 5.78 Å². The fraction of sp³-hybridized carbons (Fsp3) is 0.300. The summed E-state index contributed by atoms with van der Waals surface area (Å²) in [7, 11) is 0. The first-order valence-electron chi connectivity index (χ1n) is 4.01. The second kappa shape index (κ2) is 3.02. The quantitative estimate of drug-likeness (QED) is 0.671. The number of benzene rings is 1. The van der Waals surface area contributed by atoms with Crippen molar-refractivity contribution in [2.45, 2.75) is 12.3 Å². The molecule has 0 amide bonds. The summed E-state index contributed by atoms with van der Waals surface area (Å²) in [6.45, 7) is 0. The average Bonchev–Trinajstić information content (AvgIpc) is 2.44. The zero-order valence-electron chi connectivity index (χ0n) is 6.59. The largest absolute Gasteiger partial charge is 0.294 e. The van der Waals surface area contributed by atoms with Crippen LogP contribution in [0.2, 0.25) is 0 Å². The van der Waals surface area contributed by atoms with E-state index in [0.29, 0.717) is 12.3 Å². The van der Waals surface area contributed by atoms with Crippen LogP contribution >= 0.6 is 15.9 Å². The second-order valence-corrected chi connectivity index (χ2v) is 3.71. The van der Waals surface area contributed by atoms with Crippen LogP contribution in [0.3, 0.4) is 0 Å². The van der Waals surface area contributed by atoms with Gasteiger partial charge in [-0.15, -0.1) is 0 Å². The molecular weight excluding hydrogens is 216 g/mol. The average molecular weight is 225 g/mol. The van der Waals surface area contributed by atoms with Crippen LogP contribution in [-0.2, 0) is 0 Å². The molecule has 0 N–H and O–H groups in total. The zero-order valence-corrected chi connectivity index (χ0v) is 8.17. The molecule has 0 fully saturated rings. The van der Waals surface area contributed by atoms with Crippen LogP contribution in [0.15, 0.2) is 24.3 Å². The number of rotatable bonds is 1. The molecule has 1 atom stereocenters. The number of ketones is 1. The standard InChI is InChI=1S/C10H9BrO/c11-6-7-5-10(12)9-4-2-1-3-8(7)9/h1-4,7H,5-6H2/t7-/m1/s1. The van der Waals surface area contributed by atoms with Crippen LogP contribution in [0.4, 0.5) is 0 Å². The van der Waals surface area contributed by atoms with E-state index in [-0.39, 0.29) is 5.78 Å². The minimum absolute atomic E-state index is 0.287. The maximum Gasteiger partial charge on any atom is 0.163 e. The molecule has 12 heavy (non-hydrogen) atoms. The molecule has 0 saturated heterocycles. The van der Waals surface area contributed by atoms with Gasteiger partial charge in [-0.2, -0.15) is 0 Å². The predicted molar refractivity (Wildman–Crippen MR) is 51.9 cm³/mol. The molecule has 1 aromatic rings. The van der Waals surface area contributed by atoms with Gasteiger partial charge in [0, 0.05) is 23.2 Å². The van der Waals surface area contributed by atoms with Crippen molar-refractivity contribution in [1.29, 1.82) is 0 Å². The Balaban J connectivity index is 2.50. The number of halogens is 1. The van der Waals surface area contributed by atoms with Gasteiger partial charge in [-0.25, -0.2) is 0 Å². The fourth-order valence-corrected chi connectivity index (χ4v) is 2.27. The van der Waals surface area contributed by atoms with Gasteiger partial charge in [-0.05, 0) is 5.56 Å². The number of carbonyl (C=O) groups is 1. The van der Waals surface area contributed by atoms with Crippen molar-refractivity contribution in [3.05, 3.63) is 35.4 Å². The van der Waals surface area contributed by atoms with Gasteiger partial charge in [0.25, 0.3) is 0 Å². The third-order valence-corrected chi connectivity index (χ3v) is 3.10. The first-order chi connectivity index (χ1) is 5.83. The SMILES string of the molecule is O=C1C[C@H](CBr)c2ccccc21. The molecule has 1 aliphatic carbocycles. The molecule has 0 radical (unpaired) electrons. The summed E-state index contributed by atoms with van der Waals surface area (Å²) in [6, 6.07) is 7.88. The Morgan fingerprint density at radius 2 is 2.17 bits per heavy atom. The van der Waals surface area contributed by atoms with Gasteiger partial charge in [0.2, 0.25) is 0 Å². The van der Waals surface area contributed by atoms with Crippen LogP contribution in [0.1, 0.15) is 28.3 Å². The molecule has 1 aliphatic rings. The normalized spacial score (nSPS) is 21.1. The molecule has 0 bridgehead atoms. The van der Waals surface area contributed by atoms with Crippen molar-refractivity contribution in [3.8, 4) is 0 Å². The highest BCUT2D eigenvalue weighted by Crippen LogP contribution is 2.33. The number of Topliss-reactive ketones (excluding diaryl/α,β-unsaturated/α-hetero) is 1. The monoisotopic (exact) mass is 224 g/mol. The van der Waals surface area contributed by atoms with E-state index in [2.05, 4.69) is 15.9 Å². The Labute approximate surface area is 79.9 Å². The lowest BCUT2D eigenvalue weighted by atomic mass is 10.0. The molecular formula is C10H9BrO. The highest BCUT2D eigenvalue weighted by Gasteiger charge is 2.27. The molecule has 0 aromatic heterocycles. The molecule has 2 heteroatoms. The van der Waals surface area contributed by atoms with Crippen molar-refractivity contribution >= 4 is 21.7 Å². The van der Waals surface area contributed by atoms with Crippen LogP contribution < -0.4 is 0 Å². The number of carbonyl (C=O) groups excluding carboxylic acids is 1. The van der Waals surface area contributed by atoms with Gasteiger partial charge >= 0.3 is 0 Å². The number of alkyl halides is 1. The molecule has 0 unspecified atom stereocenters.